The van der Waals surface area contributed by atoms with Gasteiger partial charge in [-0.15, -0.1) is 0 Å². The van der Waals surface area contributed by atoms with Crippen LogP contribution in [0, 0.1) is 0 Å². The van der Waals surface area contributed by atoms with Gasteiger partial charge in [0.25, 0.3) is 0 Å². The van der Waals surface area contributed by atoms with Crippen molar-refractivity contribution in [1.29, 1.82) is 0 Å². The molecule has 0 aromatic rings. The summed E-state index contributed by atoms with van der Waals surface area (Å²) in [6.45, 7) is 2.26. The Morgan fingerprint density at radius 1 is 0.679 bits per heavy atom. The Bertz CT molecular complexity index is 401. The number of carboxylic acid groups (broad SMARTS) is 1. The van der Waals surface area contributed by atoms with E-state index in [0.29, 0.717) is 6.42 Å². The zero-order valence-electron chi connectivity index (χ0n) is 18.7. The minimum Gasteiger partial charge on any atom is -0.737 e. The summed E-state index contributed by atoms with van der Waals surface area (Å²) in [7, 11) is 0. The maximum Gasteiger partial charge on any atom is 1.00 e. The van der Waals surface area contributed by atoms with Gasteiger partial charge in [-0.2, -0.15) is 0 Å². The molecule has 0 rings (SSSR count). The molecule has 0 radical (unpaired) electrons. The molecule has 0 aromatic heterocycles. The summed E-state index contributed by atoms with van der Waals surface area (Å²) in [5.74, 6) is -1.34. The number of carbonyl (C=O) groups excluding carboxylic acids is 2. The number of rotatable bonds is 19. The van der Waals surface area contributed by atoms with Crippen LogP contribution in [0.25, 0.3) is 0 Å². The molecule has 0 heterocycles. The molecule has 6 heteroatoms. The Morgan fingerprint density at radius 2 is 1.00 bits per heavy atom. The molecule has 152 valence electrons. The first-order chi connectivity index (χ1) is 12.6. The van der Waals surface area contributed by atoms with Crippen molar-refractivity contribution in [2.75, 3.05) is 0 Å². The van der Waals surface area contributed by atoms with Gasteiger partial charge in [0, 0.05) is 5.12 Å². The molecule has 3 nitrogen and oxygen atoms in total. The van der Waals surface area contributed by atoms with E-state index in [2.05, 4.69) is 19.6 Å². The molecule has 0 spiro atoms. The van der Waals surface area contributed by atoms with E-state index >= 15 is 0 Å². The molecule has 0 aliphatic rings. The van der Waals surface area contributed by atoms with Crippen LogP contribution in [-0.4, -0.2) is 11.1 Å². The van der Waals surface area contributed by atoms with E-state index < -0.39 is 11.1 Å². The monoisotopic (exact) mass is 460 g/mol. The van der Waals surface area contributed by atoms with Crippen LogP contribution >= 0.6 is 0 Å². The summed E-state index contributed by atoms with van der Waals surface area (Å²) in [5, 5.41) is 9.93. The van der Waals surface area contributed by atoms with Gasteiger partial charge in [0.05, 0.1) is 5.97 Å². The largest absolute Gasteiger partial charge is 1.00 e. The topological polar surface area (TPSA) is 57.2 Å². The standard InChI is InChI=1S/C22H40O3S.2K/c1-2-3-4-5-6-7-8-9-10-11-12-13-14-15-16-17-18-20(22(25)26)19-21(23)24;;/h19H,2-18H2,1H3,(H,23,24)(H,25,26);;/q;2*+1/p-2/b20-19-;;. The normalized spacial score (nSPS) is 10.8. The van der Waals surface area contributed by atoms with Crippen LogP contribution in [0.4, 0.5) is 0 Å². The fourth-order valence-corrected chi connectivity index (χ4v) is 3.40. The Labute approximate surface area is 264 Å². The SMILES string of the molecule is CCCCCCCCCCCCCCCCCC/C(=C/C(=O)[O-])C(=O)[S-].[K+].[K+]. The third-order valence-electron chi connectivity index (χ3n) is 4.85. The predicted molar refractivity (Wildman–Crippen MR) is 110 cm³/mol. The van der Waals surface area contributed by atoms with Crippen molar-refractivity contribution in [2.24, 2.45) is 0 Å². The molecule has 0 aliphatic carbocycles. The van der Waals surface area contributed by atoms with Crippen molar-refractivity contribution < 1.29 is 117 Å². The molecule has 0 saturated carbocycles. The summed E-state index contributed by atoms with van der Waals surface area (Å²) in [5.41, 5.74) is 0.199. The second-order valence-electron chi connectivity index (χ2n) is 7.33. The average Bonchev–Trinajstić information content (AvgIpc) is 2.59. The van der Waals surface area contributed by atoms with Crippen LogP contribution in [-0.2, 0) is 22.2 Å². The van der Waals surface area contributed by atoms with Crippen molar-refractivity contribution in [3.8, 4) is 0 Å². The van der Waals surface area contributed by atoms with Gasteiger partial charge in [-0.25, -0.2) is 0 Å². The Hall–Kier alpha value is 2.37. The first kappa shape index (κ1) is 35.0. The van der Waals surface area contributed by atoms with Crippen molar-refractivity contribution in [3.63, 3.8) is 0 Å². The summed E-state index contributed by atoms with van der Waals surface area (Å²) < 4.78 is 0. The van der Waals surface area contributed by atoms with Crippen molar-refractivity contribution in [1.82, 2.24) is 0 Å². The van der Waals surface area contributed by atoms with E-state index in [9.17, 15) is 14.7 Å². The molecule has 0 unspecified atom stereocenters. The maximum atomic E-state index is 11.1. The first-order valence-corrected chi connectivity index (χ1v) is 11.1. The van der Waals surface area contributed by atoms with Gasteiger partial charge in [0.2, 0.25) is 0 Å². The molecular weight excluding hydrogens is 423 g/mol. The van der Waals surface area contributed by atoms with Crippen LogP contribution in [0.15, 0.2) is 11.6 Å². The second-order valence-corrected chi connectivity index (χ2v) is 7.70. The van der Waals surface area contributed by atoms with Crippen LogP contribution in [0.1, 0.15) is 116 Å². The van der Waals surface area contributed by atoms with E-state index in [4.69, 9.17) is 0 Å². The molecular formula is C22H38K2O3S. The molecule has 0 N–H and O–H groups in total. The fourth-order valence-electron chi connectivity index (χ4n) is 3.24. The van der Waals surface area contributed by atoms with Gasteiger partial charge < -0.3 is 27.3 Å². The van der Waals surface area contributed by atoms with Gasteiger partial charge in [0.1, 0.15) is 0 Å². The minimum absolute atomic E-state index is 0. The third-order valence-corrected chi connectivity index (χ3v) is 5.12. The van der Waals surface area contributed by atoms with E-state index in [1.807, 2.05) is 0 Å². The molecule has 0 aromatic carbocycles. The first-order valence-electron chi connectivity index (χ1n) is 10.7. The Balaban J connectivity index is -0.00000312. The maximum absolute atomic E-state index is 11.1. The van der Waals surface area contributed by atoms with Gasteiger partial charge >= 0.3 is 103 Å². The Morgan fingerprint density at radius 3 is 1.29 bits per heavy atom. The van der Waals surface area contributed by atoms with Gasteiger partial charge in [-0.3, -0.25) is 0 Å². The molecule has 0 fully saturated rings. The van der Waals surface area contributed by atoms with Gasteiger partial charge in [-0.05, 0) is 24.5 Å². The third kappa shape index (κ3) is 26.4. The minimum atomic E-state index is -1.34. The van der Waals surface area contributed by atoms with Gasteiger partial charge in [-0.1, -0.05) is 103 Å². The number of hydrogen-bond donors (Lipinski definition) is 0. The summed E-state index contributed by atoms with van der Waals surface area (Å²) >= 11 is 4.53. The number of carboxylic acids is 1. The van der Waals surface area contributed by atoms with Crippen molar-refractivity contribution in [3.05, 3.63) is 11.6 Å². The van der Waals surface area contributed by atoms with E-state index in [-0.39, 0.29) is 108 Å². The van der Waals surface area contributed by atoms with Crippen LogP contribution in [0.5, 0.6) is 0 Å². The zero-order chi connectivity index (χ0) is 19.5. The zero-order valence-corrected chi connectivity index (χ0v) is 25.8. The summed E-state index contributed by atoms with van der Waals surface area (Å²) in [6.07, 6.45) is 22.0. The van der Waals surface area contributed by atoms with Crippen LogP contribution in [0.3, 0.4) is 0 Å². The smallest absolute Gasteiger partial charge is 0.737 e. The molecule has 0 atom stereocenters. The summed E-state index contributed by atoms with van der Waals surface area (Å²) in [6, 6.07) is 0. The van der Waals surface area contributed by atoms with Crippen LogP contribution in [0.2, 0.25) is 0 Å². The molecule has 0 amide bonds. The average molecular weight is 461 g/mol. The van der Waals surface area contributed by atoms with Crippen LogP contribution < -0.4 is 108 Å². The Kier molecular flexibility index (Phi) is 34.2. The number of carbonyl (C=O) groups is 2. The van der Waals surface area contributed by atoms with E-state index in [0.717, 1.165) is 25.3 Å². The predicted octanol–water partition coefficient (Wildman–Crippen LogP) is -0.604. The van der Waals surface area contributed by atoms with E-state index in [1.165, 1.54) is 83.5 Å². The number of unbranched alkanes of at least 4 members (excludes halogenated alkanes) is 15. The van der Waals surface area contributed by atoms with E-state index in [1.54, 1.807) is 0 Å². The molecule has 0 aliphatic heterocycles. The molecule has 0 bridgehead atoms. The quantitative estimate of drug-likeness (QED) is 0.112. The second kappa shape index (κ2) is 27.4. The molecule has 28 heavy (non-hydrogen) atoms. The fraction of sp³-hybridized carbons (Fsp3) is 0.818. The van der Waals surface area contributed by atoms with Crippen molar-refractivity contribution >= 4 is 23.7 Å². The number of aliphatic carboxylic acids is 1. The van der Waals surface area contributed by atoms with Gasteiger partial charge in [0.15, 0.2) is 0 Å². The molecule has 0 saturated heterocycles. The van der Waals surface area contributed by atoms with Crippen molar-refractivity contribution in [2.45, 2.75) is 116 Å². The summed E-state index contributed by atoms with van der Waals surface area (Å²) in [4.78, 5) is 21.6. The number of hydrogen-bond acceptors (Lipinski definition) is 4.